The van der Waals surface area contributed by atoms with E-state index in [0.29, 0.717) is 31.0 Å². The van der Waals surface area contributed by atoms with Gasteiger partial charge in [0.15, 0.2) is 0 Å². The quantitative estimate of drug-likeness (QED) is 0.727. The van der Waals surface area contributed by atoms with E-state index >= 15 is 0 Å². The maximum absolute atomic E-state index is 12.1. The molecule has 0 bridgehead atoms. The van der Waals surface area contributed by atoms with E-state index in [1.165, 1.54) is 12.0 Å². The summed E-state index contributed by atoms with van der Waals surface area (Å²) in [6, 6.07) is 0. The number of allylic oxidation sites excluding steroid dienone is 1. The Labute approximate surface area is 138 Å². The van der Waals surface area contributed by atoms with Crippen LogP contribution in [-0.2, 0) is 9.59 Å². The van der Waals surface area contributed by atoms with Crippen molar-refractivity contribution in [3.63, 3.8) is 0 Å². The van der Waals surface area contributed by atoms with Gasteiger partial charge in [-0.1, -0.05) is 18.6 Å². The average molecular weight is 320 g/mol. The van der Waals surface area contributed by atoms with Crippen molar-refractivity contribution in [2.75, 3.05) is 26.2 Å². The molecule has 1 saturated heterocycles. The minimum atomic E-state index is -0.149. The number of hydrogen-bond acceptors (Lipinski definition) is 4. The summed E-state index contributed by atoms with van der Waals surface area (Å²) >= 11 is 0. The minimum Gasteiger partial charge on any atom is -0.351 e. The summed E-state index contributed by atoms with van der Waals surface area (Å²) in [6.45, 7) is 8.21. The molecule has 1 unspecified atom stereocenters. The topological polar surface area (TPSA) is 73.8 Å². The number of likely N-dealkylation sites (tertiary alicyclic amines) is 1. The minimum absolute atomic E-state index is 0.125. The summed E-state index contributed by atoms with van der Waals surface area (Å²) in [6.07, 6.45) is 6.45. The highest BCUT2D eigenvalue weighted by Crippen LogP contribution is 2.17. The Kier molecular flexibility index (Phi) is 6.77. The molecule has 2 aliphatic rings. The second-order valence-electron chi connectivity index (χ2n) is 6.51. The number of hydrazone groups is 1. The van der Waals surface area contributed by atoms with Crippen LogP contribution in [-0.4, -0.2) is 48.6 Å². The fourth-order valence-corrected chi connectivity index (χ4v) is 3.20. The van der Waals surface area contributed by atoms with Crippen LogP contribution in [0, 0.1) is 5.92 Å². The SMILES string of the molecule is CC/C=C(\C)CN1CCCC(CNC(=O)C2=NNC(=O)CC2)C1. The van der Waals surface area contributed by atoms with Gasteiger partial charge in [-0.25, -0.2) is 5.43 Å². The van der Waals surface area contributed by atoms with Crippen LogP contribution in [0.2, 0.25) is 0 Å². The summed E-state index contributed by atoms with van der Waals surface area (Å²) < 4.78 is 0. The zero-order valence-electron chi connectivity index (χ0n) is 14.2. The van der Waals surface area contributed by atoms with Crippen molar-refractivity contribution < 1.29 is 9.59 Å². The van der Waals surface area contributed by atoms with Gasteiger partial charge >= 0.3 is 0 Å². The van der Waals surface area contributed by atoms with Crippen LogP contribution in [0.5, 0.6) is 0 Å². The third kappa shape index (κ3) is 5.78. The van der Waals surface area contributed by atoms with Crippen LogP contribution in [0.15, 0.2) is 16.8 Å². The normalized spacial score (nSPS) is 23.2. The Morgan fingerprint density at radius 2 is 2.30 bits per heavy atom. The van der Waals surface area contributed by atoms with Crippen molar-refractivity contribution in [1.29, 1.82) is 0 Å². The van der Waals surface area contributed by atoms with Gasteiger partial charge in [0.25, 0.3) is 5.91 Å². The average Bonchev–Trinajstić information content (AvgIpc) is 2.54. The van der Waals surface area contributed by atoms with Crippen LogP contribution >= 0.6 is 0 Å². The van der Waals surface area contributed by atoms with Gasteiger partial charge in [-0.3, -0.25) is 14.5 Å². The molecule has 1 fully saturated rings. The lowest BCUT2D eigenvalue weighted by Crippen LogP contribution is -2.43. The third-order valence-corrected chi connectivity index (χ3v) is 4.35. The molecule has 2 heterocycles. The van der Waals surface area contributed by atoms with Crippen molar-refractivity contribution in [2.24, 2.45) is 11.0 Å². The van der Waals surface area contributed by atoms with Crippen molar-refractivity contribution in [1.82, 2.24) is 15.6 Å². The first kappa shape index (κ1) is 17.7. The number of amides is 2. The molecule has 0 aliphatic carbocycles. The Balaban J connectivity index is 1.76. The summed E-state index contributed by atoms with van der Waals surface area (Å²) in [5, 5.41) is 6.81. The second kappa shape index (κ2) is 8.82. The lowest BCUT2D eigenvalue weighted by molar-refractivity contribution is -0.121. The molecule has 1 atom stereocenters. The number of nitrogens with one attached hydrogen (secondary N) is 2. The van der Waals surface area contributed by atoms with E-state index in [-0.39, 0.29) is 11.8 Å². The largest absolute Gasteiger partial charge is 0.351 e. The molecular weight excluding hydrogens is 292 g/mol. The molecule has 23 heavy (non-hydrogen) atoms. The lowest BCUT2D eigenvalue weighted by atomic mass is 9.97. The van der Waals surface area contributed by atoms with Crippen molar-refractivity contribution in [3.05, 3.63) is 11.6 Å². The first-order valence-corrected chi connectivity index (χ1v) is 8.60. The predicted molar refractivity (Wildman–Crippen MR) is 91.0 cm³/mol. The van der Waals surface area contributed by atoms with Crippen molar-refractivity contribution >= 4 is 17.5 Å². The van der Waals surface area contributed by atoms with Crippen molar-refractivity contribution in [3.8, 4) is 0 Å². The molecule has 0 aromatic carbocycles. The number of nitrogens with zero attached hydrogens (tertiary/aromatic N) is 2. The zero-order chi connectivity index (χ0) is 16.7. The molecule has 2 aliphatic heterocycles. The second-order valence-corrected chi connectivity index (χ2v) is 6.51. The van der Waals surface area contributed by atoms with Gasteiger partial charge in [0.2, 0.25) is 5.91 Å². The molecule has 0 saturated carbocycles. The molecule has 2 amide bonds. The number of rotatable bonds is 6. The van der Waals surface area contributed by atoms with E-state index in [4.69, 9.17) is 0 Å². The highest BCUT2D eigenvalue weighted by Gasteiger charge is 2.22. The monoisotopic (exact) mass is 320 g/mol. The van der Waals surface area contributed by atoms with E-state index < -0.39 is 0 Å². The molecule has 128 valence electrons. The van der Waals surface area contributed by atoms with Gasteiger partial charge < -0.3 is 5.32 Å². The van der Waals surface area contributed by atoms with E-state index in [1.54, 1.807) is 0 Å². The van der Waals surface area contributed by atoms with E-state index in [2.05, 4.69) is 40.7 Å². The number of piperidine rings is 1. The number of hydrogen-bond donors (Lipinski definition) is 2. The smallest absolute Gasteiger partial charge is 0.267 e. The first-order chi connectivity index (χ1) is 11.1. The fraction of sp³-hybridized carbons (Fsp3) is 0.706. The molecule has 2 N–H and O–H groups in total. The van der Waals surface area contributed by atoms with E-state index in [9.17, 15) is 9.59 Å². The molecule has 0 radical (unpaired) electrons. The van der Waals surface area contributed by atoms with Crippen LogP contribution in [0.4, 0.5) is 0 Å². The standard InChI is InChI=1S/C17H28N4O2/c1-3-5-13(2)11-21-9-4-6-14(12-21)10-18-17(23)15-7-8-16(22)20-19-15/h5,14H,3-4,6-12H2,1-2H3,(H,18,23)(H,20,22)/b13-5+. The van der Waals surface area contributed by atoms with Gasteiger partial charge in [-0.05, 0) is 38.6 Å². The summed E-state index contributed by atoms with van der Waals surface area (Å²) in [5.41, 5.74) is 4.22. The Bertz CT molecular complexity index is 499. The Morgan fingerprint density at radius 1 is 1.48 bits per heavy atom. The summed E-state index contributed by atoms with van der Waals surface area (Å²) in [5.74, 6) is 0.213. The molecule has 0 aromatic heterocycles. The highest BCUT2D eigenvalue weighted by molar-refractivity contribution is 6.39. The number of carbonyl (C=O) groups excluding carboxylic acids is 2. The van der Waals surface area contributed by atoms with Crippen LogP contribution in [0.25, 0.3) is 0 Å². The summed E-state index contributed by atoms with van der Waals surface area (Å²) in [7, 11) is 0. The zero-order valence-corrected chi connectivity index (χ0v) is 14.2. The van der Waals surface area contributed by atoms with E-state index in [1.807, 2.05) is 0 Å². The van der Waals surface area contributed by atoms with Gasteiger partial charge in [-0.15, -0.1) is 0 Å². The molecular formula is C17H28N4O2. The van der Waals surface area contributed by atoms with Crippen LogP contribution < -0.4 is 10.7 Å². The van der Waals surface area contributed by atoms with Crippen LogP contribution in [0.1, 0.15) is 46.0 Å². The van der Waals surface area contributed by atoms with Gasteiger partial charge in [0.1, 0.15) is 5.71 Å². The molecule has 0 aromatic rings. The van der Waals surface area contributed by atoms with Gasteiger partial charge in [0.05, 0.1) is 0 Å². The predicted octanol–water partition coefficient (Wildman–Crippen LogP) is 1.44. The number of carbonyl (C=O) groups is 2. The first-order valence-electron chi connectivity index (χ1n) is 8.60. The molecule has 2 rings (SSSR count). The maximum Gasteiger partial charge on any atom is 0.267 e. The van der Waals surface area contributed by atoms with Gasteiger partial charge in [-0.2, -0.15) is 5.10 Å². The summed E-state index contributed by atoms with van der Waals surface area (Å²) in [4.78, 5) is 25.6. The fourth-order valence-electron chi connectivity index (χ4n) is 3.20. The Hall–Kier alpha value is -1.69. The van der Waals surface area contributed by atoms with Gasteiger partial charge in [0, 0.05) is 32.5 Å². The van der Waals surface area contributed by atoms with Crippen LogP contribution in [0.3, 0.4) is 0 Å². The maximum atomic E-state index is 12.1. The highest BCUT2D eigenvalue weighted by atomic mass is 16.2. The van der Waals surface area contributed by atoms with Crippen molar-refractivity contribution in [2.45, 2.75) is 46.0 Å². The Morgan fingerprint density at radius 3 is 3.00 bits per heavy atom. The molecule has 6 heteroatoms. The molecule has 0 spiro atoms. The third-order valence-electron chi connectivity index (χ3n) is 4.35. The lowest BCUT2D eigenvalue weighted by Gasteiger charge is -2.33. The van der Waals surface area contributed by atoms with E-state index in [0.717, 1.165) is 32.5 Å². The molecule has 6 nitrogen and oxygen atoms in total.